The van der Waals surface area contributed by atoms with E-state index in [4.69, 9.17) is 10.9 Å². The Kier molecular flexibility index (Phi) is 3.25. The van der Waals surface area contributed by atoms with Crippen LogP contribution in [0.2, 0.25) is 0 Å². The van der Waals surface area contributed by atoms with Gasteiger partial charge in [0.05, 0.1) is 0 Å². The van der Waals surface area contributed by atoms with Gasteiger partial charge in [0, 0.05) is 37.8 Å². The fourth-order valence-electron chi connectivity index (χ4n) is 2.58. The van der Waals surface area contributed by atoms with Crippen LogP contribution in [0.15, 0.2) is 16.7 Å². The van der Waals surface area contributed by atoms with Crippen molar-refractivity contribution in [1.29, 1.82) is 0 Å². The van der Waals surface area contributed by atoms with Crippen LogP contribution >= 0.6 is 11.3 Å². The number of carbonyl (C=O) groups is 1. The molecular formula is C12H17N5O2S. The van der Waals surface area contributed by atoms with Crippen LogP contribution in [-0.2, 0) is 4.79 Å². The first-order valence-corrected chi connectivity index (χ1v) is 7.47. The van der Waals surface area contributed by atoms with Gasteiger partial charge in [-0.2, -0.15) is 0 Å². The maximum atomic E-state index is 12.5. The summed E-state index contributed by atoms with van der Waals surface area (Å²) in [4.78, 5) is 20.8. The molecule has 1 aromatic heterocycles. The standard InChI is InChI=1S/C12H17N5O2S/c13-9(15-19)12(1-2-12)10(18)16-4-6-17(7-5-16)11-14-3-8-20-11/h3,8,19H,1-2,4-7H2,(H2,13,15). The van der Waals surface area contributed by atoms with E-state index in [0.717, 1.165) is 18.2 Å². The van der Waals surface area contributed by atoms with Crippen LogP contribution in [-0.4, -0.2) is 53.0 Å². The molecule has 0 spiro atoms. The van der Waals surface area contributed by atoms with Gasteiger partial charge < -0.3 is 20.7 Å². The van der Waals surface area contributed by atoms with Crippen molar-refractivity contribution in [3.63, 3.8) is 0 Å². The second-order valence-corrected chi connectivity index (χ2v) is 6.03. The van der Waals surface area contributed by atoms with Crippen LogP contribution in [0.25, 0.3) is 0 Å². The van der Waals surface area contributed by atoms with E-state index in [1.807, 2.05) is 10.3 Å². The van der Waals surface area contributed by atoms with Gasteiger partial charge in [-0.25, -0.2) is 4.98 Å². The van der Waals surface area contributed by atoms with Crippen LogP contribution in [0.4, 0.5) is 5.13 Å². The summed E-state index contributed by atoms with van der Waals surface area (Å²) in [5.41, 5.74) is 4.92. The van der Waals surface area contributed by atoms with Crippen LogP contribution in [0, 0.1) is 5.41 Å². The molecule has 1 aliphatic carbocycles. The van der Waals surface area contributed by atoms with Crippen LogP contribution in [0.3, 0.4) is 0 Å². The van der Waals surface area contributed by atoms with Crippen molar-refractivity contribution < 1.29 is 10.0 Å². The zero-order valence-electron chi connectivity index (χ0n) is 11.0. The molecular weight excluding hydrogens is 278 g/mol. The van der Waals surface area contributed by atoms with Crippen molar-refractivity contribution in [2.75, 3.05) is 31.1 Å². The number of nitrogens with two attached hydrogens (primary N) is 1. The molecule has 0 bridgehead atoms. The van der Waals surface area contributed by atoms with E-state index in [1.165, 1.54) is 0 Å². The van der Waals surface area contributed by atoms with E-state index in [-0.39, 0.29) is 11.7 Å². The Morgan fingerprint density at radius 3 is 2.60 bits per heavy atom. The fraction of sp³-hybridized carbons (Fsp3) is 0.583. The quantitative estimate of drug-likeness (QED) is 0.362. The fourth-order valence-corrected chi connectivity index (χ4v) is 3.27. The molecule has 2 heterocycles. The molecule has 0 radical (unpaired) electrons. The summed E-state index contributed by atoms with van der Waals surface area (Å²) in [6.07, 6.45) is 3.14. The Balaban J connectivity index is 1.63. The number of amidine groups is 1. The molecule has 1 saturated carbocycles. The first-order chi connectivity index (χ1) is 9.67. The van der Waals surface area contributed by atoms with Gasteiger partial charge in [0.1, 0.15) is 5.41 Å². The van der Waals surface area contributed by atoms with Crippen LogP contribution < -0.4 is 10.6 Å². The number of amides is 1. The molecule has 0 aromatic carbocycles. The van der Waals surface area contributed by atoms with Gasteiger partial charge in [0.15, 0.2) is 11.0 Å². The number of nitrogens with zero attached hydrogens (tertiary/aromatic N) is 4. The number of oxime groups is 1. The lowest BCUT2D eigenvalue weighted by molar-refractivity contribution is -0.134. The third kappa shape index (κ3) is 2.09. The van der Waals surface area contributed by atoms with Gasteiger partial charge in [-0.3, -0.25) is 4.79 Å². The van der Waals surface area contributed by atoms with Gasteiger partial charge in [0.2, 0.25) is 5.91 Å². The molecule has 2 aliphatic rings. The molecule has 8 heteroatoms. The number of thiazole rings is 1. The van der Waals surface area contributed by atoms with E-state index < -0.39 is 5.41 Å². The molecule has 1 aromatic rings. The summed E-state index contributed by atoms with van der Waals surface area (Å²) in [6, 6.07) is 0. The predicted molar refractivity (Wildman–Crippen MR) is 76.0 cm³/mol. The van der Waals surface area contributed by atoms with Gasteiger partial charge in [-0.15, -0.1) is 11.3 Å². The van der Waals surface area contributed by atoms with Gasteiger partial charge >= 0.3 is 0 Å². The Morgan fingerprint density at radius 1 is 1.40 bits per heavy atom. The van der Waals surface area contributed by atoms with Crippen molar-refractivity contribution in [3.8, 4) is 0 Å². The highest BCUT2D eigenvalue weighted by molar-refractivity contribution is 7.13. The predicted octanol–water partition coefficient (Wildman–Crippen LogP) is 0.318. The number of rotatable bonds is 3. The van der Waals surface area contributed by atoms with Crippen LogP contribution in [0.1, 0.15) is 12.8 Å². The summed E-state index contributed by atoms with van der Waals surface area (Å²) in [5, 5.41) is 14.8. The molecule has 1 aliphatic heterocycles. The van der Waals surface area contributed by atoms with Crippen molar-refractivity contribution in [2.24, 2.45) is 16.3 Å². The molecule has 0 unspecified atom stereocenters. The lowest BCUT2D eigenvalue weighted by Gasteiger charge is -2.36. The largest absolute Gasteiger partial charge is 0.409 e. The Labute approximate surface area is 120 Å². The summed E-state index contributed by atoms with van der Waals surface area (Å²) >= 11 is 1.60. The monoisotopic (exact) mass is 295 g/mol. The average Bonchev–Trinajstić information content (AvgIpc) is 3.13. The van der Waals surface area contributed by atoms with Gasteiger partial charge in [-0.05, 0) is 12.8 Å². The van der Waals surface area contributed by atoms with Crippen molar-refractivity contribution in [3.05, 3.63) is 11.6 Å². The van der Waals surface area contributed by atoms with E-state index >= 15 is 0 Å². The molecule has 3 rings (SSSR count). The molecule has 2 fully saturated rings. The molecule has 108 valence electrons. The van der Waals surface area contributed by atoms with Crippen molar-refractivity contribution in [2.45, 2.75) is 12.8 Å². The SMILES string of the molecule is N/C(=N/O)C1(C(=O)N2CCN(c3nccs3)CC2)CC1. The molecule has 3 N–H and O–H groups in total. The first-order valence-electron chi connectivity index (χ1n) is 6.59. The Bertz CT molecular complexity index is 518. The lowest BCUT2D eigenvalue weighted by Crippen LogP contribution is -2.52. The normalized spacial score (nSPS) is 21.9. The zero-order valence-corrected chi connectivity index (χ0v) is 11.8. The number of anilines is 1. The Hall–Kier alpha value is -1.83. The molecule has 0 atom stereocenters. The summed E-state index contributed by atoms with van der Waals surface area (Å²) in [6.45, 7) is 2.84. The minimum atomic E-state index is -0.738. The molecule has 1 saturated heterocycles. The molecule has 7 nitrogen and oxygen atoms in total. The van der Waals surface area contributed by atoms with Crippen LogP contribution in [0.5, 0.6) is 0 Å². The second-order valence-electron chi connectivity index (χ2n) is 5.16. The minimum Gasteiger partial charge on any atom is -0.409 e. The van der Waals surface area contributed by atoms with E-state index in [9.17, 15) is 4.79 Å². The van der Waals surface area contributed by atoms with E-state index in [1.54, 1.807) is 17.5 Å². The van der Waals surface area contributed by atoms with Crippen molar-refractivity contribution >= 4 is 28.2 Å². The highest BCUT2D eigenvalue weighted by Crippen LogP contribution is 2.47. The smallest absolute Gasteiger partial charge is 0.236 e. The first kappa shape index (κ1) is 13.2. The average molecular weight is 295 g/mol. The zero-order chi connectivity index (χ0) is 14.2. The molecule has 20 heavy (non-hydrogen) atoms. The van der Waals surface area contributed by atoms with E-state index in [0.29, 0.717) is 25.9 Å². The maximum Gasteiger partial charge on any atom is 0.236 e. The highest BCUT2D eigenvalue weighted by atomic mass is 32.1. The number of aromatic nitrogens is 1. The Morgan fingerprint density at radius 2 is 2.10 bits per heavy atom. The summed E-state index contributed by atoms with van der Waals surface area (Å²) < 4.78 is 0. The number of carbonyl (C=O) groups excluding carboxylic acids is 1. The van der Waals surface area contributed by atoms with Gasteiger partial charge in [-0.1, -0.05) is 5.16 Å². The molecule has 1 amide bonds. The number of hydrogen-bond donors (Lipinski definition) is 2. The lowest BCUT2D eigenvalue weighted by atomic mass is 10.0. The second kappa shape index (κ2) is 4.93. The highest BCUT2D eigenvalue weighted by Gasteiger charge is 2.56. The van der Waals surface area contributed by atoms with Gasteiger partial charge in [0.25, 0.3) is 0 Å². The summed E-state index contributed by atoms with van der Waals surface area (Å²) in [7, 11) is 0. The third-order valence-electron chi connectivity index (χ3n) is 4.01. The maximum absolute atomic E-state index is 12.5. The topological polar surface area (TPSA) is 95.0 Å². The number of hydrogen-bond acceptors (Lipinski definition) is 6. The number of piperazine rings is 1. The minimum absolute atomic E-state index is 0.00779. The van der Waals surface area contributed by atoms with E-state index in [2.05, 4.69) is 15.0 Å². The third-order valence-corrected chi connectivity index (χ3v) is 4.85. The summed E-state index contributed by atoms with van der Waals surface area (Å²) in [5.74, 6) is 0.0384. The van der Waals surface area contributed by atoms with Crippen molar-refractivity contribution in [1.82, 2.24) is 9.88 Å².